The summed E-state index contributed by atoms with van der Waals surface area (Å²) in [6, 6.07) is 43.0. The Hall–Kier alpha value is -15.9. The molecule has 1 fully saturated rings. The third kappa shape index (κ3) is 27.0. The number of imidazole rings is 4. The third-order valence-corrected chi connectivity index (χ3v) is 39.7. The van der Waals surface area contributed by atoms with Crippen molar-refractivity contribution in [1.82, 2.24) is 112 Å². The van der Waals surface area contributed by atoms with Gasteiger partial charge in [-0.25, -0.2) is 89.0 Å². The van der Waals surface area contributed by atoms with Crippen molar-refractivity contribution in [3.05, 3.63) is 287 Å². The number of carbonyl (C=O) groups excluding carboxylic acids is 4. The molecule has 40 nitrogen and oxygen atoms in total. The van der Waals surface area contributed by atoms with Gasteiger partial charge in [0, 0.05) is 133 Å². The summed E-state index contributed by atoms with van der Waals surface area (Å²) < 4.78 is 32.8. The number of nitrogens with zero attached hydrogens (tertiary/aromatic N) is 23. The number of ketones is 1. The van der Waals surface area contributed by atoms with E-state index in [9.17, 15) is 29.1 Å². The number of aryl methyl sites for hydroxylation is 4. The SMILES string of the molecule is CCC[CH2][Sn]([CH2]CCC)([CH2]CCC)[c]1ccccn1.COC(=O)c1nc(-c2ccc3ncc(C)n3c2)c(-c2ccccn2)nc1N.COC(=O)c1nc(Cl)c(-c2ccccn2)nc1N.COC(=O)c1nc(Cl)c(Cl)nc1N.Cc1cnc2ccc(-c3nc(C(=O)CCC4CCOC4)c(N)nc3-c3ccccn3)cn12.Cc1cnc2ccc(-c3nc(C(=O)O)c(N)nc3-c3ccccn3)cn12.Cc1cnc2ccc(B(O)O)cn12. The van der Waals surface area contributed by atoms with E-state index < -0.39 is 49.4 Å². The number of nitrogens with two attached hydrogens (primary N) is 5. The summed E-state index contributed by atoms with van der Waals surface area (Å²) in [5, 5.41) is 27.1. The molecule has 1 atom stereocenters. The van der Waals surface area contributed by atoms with Crippen molar-refractivity contribution in [2.24, 2.45) is 5.92 Å². The summed E-state index contributed by atoms with van der Waals surface area (Å²) >= 11 is 14.8. The minimum atomic E-state index is -2.21. The Morgan fingerprint density at radius 3 is 1.10 bits per heavy atom. The molecule has 148 heavy (non-hydrogen) atoms. The molecule has 0 spiro atoms. The number of Topliss-reactive ketones (excluding diaryl/α,β-unsaturated/α-hetero) is 1. The normalized spacial score (nSPS) is 11.9. The molecular formula is C103H108BCl3N28O12Sn. The van der Waals surface area contributed by atoms with E-state index >= 15 is 0 Å². The number of carboxylic acids is 1. The predicted molar refractivity (Wildman–Crippen MR) is 569 cm³/mol. The molecule has 18 aromatic heterocycles. The molecule has 1 saturated heterocycles. The Bertz CT molecular complexity index is 7670. The summed E-state index contributed by atoms with van der Waals surface area (Å²) in [7, 11) is 2.28. The summed E-state index contributed by atoms with van der Waals surface area (Å²) in [6.45, 7) is 16.2. The van der Waals surface area contributed by atoms with Crippen LogP contribution in [-0.2, 0) is 18.9 Å². The third-order valence-electron chi connectivity index (χ3n) is 23.7. The van der Waals surface area contributed by atoms with Gasteiger partial charge in [0.25, 0.3) is 0 Å². The number of carboxylic acid groups (broad SMARTS) is 1. The maximum Gasteiger partial charge on any atom is 0.489 e. The number of rotatable bonds is 26. The minimum absolute atomic E-state index is 0.00820. The van der Waals surface area contributed by atoms with Crippen molar-refractivity contribution < 1.29 is 58.1 Å². The monoisotopic (exact) mass is 2160 g/mol. The topological polar surface area (TPSA) is 576 Å². The van der Waals surface area contributed by atoms with Crippen molar-refractivity contribution >= 4 is 151 Å². The molecule has 0 aromatic carbocycles. The number of aromatic carboxylic acids is 1. The van der Waals surface area contributed by atoms with Gasteiger partial charge < -0.3 is 80.4 Å². The number of nitrogen functional groups attached to an aromatic ring is 5. The molecule has 0 radical (unpaired) electrons. The summed E-state index contributed by atoms with van der Waals surface area (Å²) in [4.78, 5) is 140. The van der Waals surface area contributed by atoms with E-state index in [4.69, 9.17) is 93.0 Å². The molecule has 1 unspecified atom stereocenters. The molecule has 13 N–H and O–H groups in total. The van der Waals surface area contributed by atoms with Gasteiger partial charge in [-0.1, -0.05) is 65.1 Å². The molecule has 19 heterocycles. The van der Waals surface area contributed by atoms with Crippen LogP contribution in [0.1, 0.15) is 154 Å². The smallest absolute Gasteiger partial charge is 0.476 e. The van der Waals surface area contributed by atoms with Crippen molar-refractivity contribution in [1.29, 1.82) is 0 Å². The fourth-order valence-electron chi connectivity index (χ4n) is 15.8. The van der Waals surface area contributed by atoms with Crippen LogP contribution in [0.15, 0.2) is 220 Å². The van der Waals surface area contributed by atoms with E-state index in [2.05, 4.69) is 133 Å². The standard InChI is InChI=1S/C24H24N6O2.C19H16N6O2.C18H14N6O2.C11H9ClN4O2.C8H9BN2O2.C6H5Cl2N3O2.C5H4N.3C4H9.Sn/c1-15-12-27-20-8-6-17(13-30(15)20)21-22(18-4-2-3-10-26-18)29-24(25)23(28-21)19(31)7-5-16-9-11-32-14-16;1-11-9-22-14-7-6-12(10-25(11)14)15-16(13-5-3-4-8-21-13)24-18(20)17(23-15)19(26)27-2;1-10-8-21-13-6-5-11(9-24(10)13)14-15(12-4-2-3-7-20-12)23-17(19)16(22-14)18(25)26;1-18-11(17)8-10(13)16-7(9(12)15-8)6-4-2-3-5-14-6;1-6-4-10-8-3-2-7(9(12)13)5-11(6)8;1-13-6(12)2-5(9)11-4(8)3(7)10-2;1-2-4-6-5-3-1;3*1-3-4-2;/h2-4,6,8,10,12-13,16H,5,7,9,11,14H2,1H3,(H2,25,29);3-10H,1-2H3,(H2,20,24);2-9H,1H3,(H2,19,23)(H,25,26);2-5H,1H3,(H2,13,16);2-5,12-13H,1H3;1H3,(H2,9,11);1-4H;3*1,3-4H2,2H3;. The number of aromatic nitrogens is 23. The number of halogens is 3. The van der Waals surface area contributed by atoms with Gasteiger partial charge in [0.05, 0.1) is 44.1 Å². The minimum Gasteiger partial charge on any atom is -0.476 e. The van der Waals surface area contributed by atoms with E-state index in [-0.39, 0.29) is 78.8 Å². The second-order valence-corrected chi connectivity index (χ2v) is 48.0. The molecule has 0 saturated carbocycles. The number of ether oxygens (including phenoxy) is 4. The van der Waals surface area contributed by atoms with E-state index in [0.717, 1.165) is 75.9 Å². The van der Waals surface area contributed by atoms with Gasteiger partial charge in [-0.05, 0) is 143 Å². The number of fused-ring (bicyclic) bond motifs is 4. The largest absolute Gasteiger partial charge is 0.489 e. The number of carbonyl (C=O) groups is 5. The molecule has 760 valence electrons. The Kier molecular flexibility index (Phi) is 38.2. The van der Waals surface area contributed by atoms with Crippen LogP contribution in [0.4, 0.5) is 29.1 Å². The zero-order valence-corrected chi connectivity index (χ0v) is 87.8. The average Bonchev–Trinajstić information content (AvgIpc) is 1.17. The van der Waals surface area contributed by atoms with Gasteiger partial charge in [-0.3, -0.25) is 24.7 Å². The number of pyridine rings is 9. The average molecular weight is 2170 g/mol. The van der Waals surface area contributed by atoms with Crippen molar-refractivity contribution in [2.75, 3.05) is 63.2 Å². The molecule has 0 bridgehead atoms. The van der Waals surface area contributed by atoms with Crippen LogP contribution in [-0.4, -0.2) is 217 Å². The summed E-state index contributed by atoms with van der Waals surface area (Å²) in [5.41, 5.74) is 44.0. The van der Waals surface area contributed by atoms with E-state index in [1.54, 1.807) is 95.7 Å². The predicted octanol–water partition coefficient (Wildman–Crippen LogP) is 15.9. The molecular weight excluding hydrogens is 2060 g/mol. The number of esters is 3. The molecule has 0 amide bonds. The van der Waals surface area contributed by atoms with Crippen LogP contribution in [0.2, 0.25) is 28.8 Å². The van der Waals surface area contributed by atoms with Crippen LogP contribution < -0.4 is 37.8 Å². The quantitative estimate of drug-likeness (QED) is 0.0108. The Labute approximate surface area is 870 Å². The summed E-state index contributed by atoms with van der Waals surface area (Å²) in [6.07, 6.45) is 33.4. The van der Waals surface area contributed by atoms with Crippen LogP contribution >= 0.6 is 34.8 Å². The maximum atomic E-state index is 13.0. The van der Waals surface area contributed by atoms with Crippen molar-refractivity contribution in [3.63, 3.8) is 0 Å². The van der Waals surface area contributed by atoms with Crippen LogP contribution in [0, 0.1) is 33.6 Å². The van der Waals surface area contributed by atoms with E-state index in [0.29, 0.717) is 92.6 Å². The maximum absolute atomic E-state index is 13.0. The van der Waals surface area contributed by atoms with Gasteiger partial charge in [0.15, 0.2) is 73.1 Å². The van der Waals surface area contributed by atoms with Crippen molar-refractivity contribution in [2.45, 2.75) is 120 Å². The van der Waals surface area contributed by atoms with Gasteiger partial charge in [0.1, 0.15) is 68.1 Å². The van der Waals surface area contributed by atoms with E-state index in [1.807, 2.05) is 155 Å². The molecule has 45 heteroatoms. The summed E-state index contributed by atoms with van der Waals surface area (Å²) in [5.74, 6) is -3.15. The van der Waals surface area contributed by atoms with Gasteiger partial charge in [-0.15, -0.1) is 0 Å². The van der Waals surface area contributed by atoms with Gasteiger partial charge in [-0.2, -0.15) is 0 Å². The zero-order chi connectivity index (χ0) is 106. The zero-order valence-electron chi connectivity index (χ0n) is 82.7. The molecule has 1 aliphatic heterocycles. The van der Waals surface area contributed by atoms with Gasteiger partial charge in [0.2, 0.25) is 0 Å². The fourth-order valence-corrected chi connectivity index (χ4v) is 31.8. The molecule has 1 aliphatic rings. The first kappa shape index (κ1) is 109. The molecule has 18 aromatic rings. The Balaban J connectivity index is 0.000000147. The number of unbranched alkanes of at least 4 members (excludes halogenated alkanes) is 3. The molecule has 19 rings (SSSR count). The molecule has 0 aliphatic carbocycles. The van der Waals surface area contributed by atoms with Crippen molar-refractivity contribution in [3.8, 4) is 79.3 Å². The van der Waals surface area contributed by atoms with Crippen LogP contribution in [0.3, 0.4) is 0 Å². The van der Waals surface area contributed by atoms with Crippen LogP contribution in [0.5, 0.6) is 0 Å². The number of hydrogen-bond acceptors (Lipinski definition) is 35. The van der Waals surface area contributed by atoms with Gasteiger partial charge >= 0.3 is 155 Å². The Morgan fingerprint density at radius 1 is 0.399 bits per heavy atom. The first-order chi connectivity index (χ1) is 71.4. The number of anilines is 5. The second kappa shape index (κ2) is 51.7. The number of hydrogen-bond donors (Lipinski definition) is 8. The first-order valence-corrected chi connectivity index (χ1v) is 55.6. The number of methoxy groups -OCH3 is 3. The second-order valence-electron chi connectivity index (χ2n) is 33.8. The van der Waals surface area contributed by atoms with E-state index in [1.165, 1.54) is 73.2 Å². The first-order valence-electron chi connectivity index (χ1n) is 47.0. The Morgan fingerprint density at radius 2 is 0.736 bits per heavy atom. The fraction of sp³-hybridized carbons (Fsp3) is 0.243. The van der Waals surface area contributed by atoms with Crippen LogP contribution in [0.25, 0.3) is 102 Å².